The van der Waals surface area contributed by atoms with Crippen molar-refractivity contribution in [2.75, 3.05) is 19.7 Å². The van der Waals surface area contributed by atoms with Gasteiger partial charge in [0.2, 0.25) is 0 Å². The van der Waals surface area contributed by atoms with Crippen molar-refractivity contribution in [1.82, 2.24) is 9.88 Å². The van der Waals surface area contributed by atoms with Gasteiger partial charge in [0, 0.05) is 34.5 Å². The summed E-state index contributed by atoms with van der Waals surface area (Å²) in [6.45, 7) is 7.19. The number of hydrogen-bond donors (Lipinski definition) is 0. The molecule has 112 valence electrons. The van der Waals surface area contributed by atoms with Crippen molar-refractivity contribution in [3.63, 3.8) is 0 Å². The van der Waals surface area contributed by atoms with Crippen molar-refractivity contribution >= 4 is 27.3 Å². The average molecular weight is 367 g/mol. The highest BCUT2D eigenvalue weighted by Crippen LogP contribution is 2.32. The zero-order chi connectivity index (χ0) is 14.8. The second-order valence-electron chi connectivity index (χ2n) is 5.50. The van der Waals surface area contributed by atoms with Crippen LogP contribution in [-0.4, -0.2) is 35.6 Å². The van der Waals surface area contributed by atoms with Crippen LogP contribution in [0, 0.1) is 0 Å². The van der Waals surface area contributed by atoms with E-state index < -0.39 is 0 Å². The van der Waals surface area contributed by atoms with Crippen molar-refractivity contribution in [3.05, 3.63) is 39.1 Å². The fraction of sp³-hybridized carbons (Fsp3) is 0.438. The highest BCUT2D eigenvalue weighted by atomic mass is 79.9. The number of aromatic nitrogens is 1. The molecule has 0 aliphatic carbocycles. The van der Waals surface area contributed by atoms with Crippen LogP contribution in [0.25, 0.3) is 11.3 Å². The first-order valence-corrected chi connectivity index (χ1v) is 8.88. The van der Waals surface area contributed by atoms with Gasteiger partial charge in [-0.3, -0.25) is 4.90 Å². The lowest BCUT2D eigenvalue weighted by atomic mass is 10.2. The smallest absolute Gasteiger partial charge is 0.124 e. The molecule has 0 radical (unpaired) electrons. The molecule has 0 amide bonds. The lowest BCUT2D eigenvalue weighted by Gasteiger charge is -2.34. The number of rotatable bonds is 3. The van der Waals surface area contributed by atoms with Gasteiger partial charge in [0.05, 0.1) is 12.3 Å². The Morgan fingerprint density at radius 1 is 1.38 bits per heavy atom. The number of nitrogens with zero attached hydrogens (tertiary/aromatic N) is 2. The largest absolute Gasteiger partial charge is 0.368 e. The van der Waals surface area contributed by atoms with Gasteiger partial charge >= 0.3 is 0 Å². The quantitative estimate of drug-likeness (QED) is 0.806. The Labute approximate surface area is 138 Å². The topological polar surface area (TPSA) is 25.4 Å². The molecule has 0 spiro atoms. The molecule has 1 aromatic heterocycles. The highest BCUT2D eigenvalue weighted by Gasteiger charge is 2.26. The van der Waals surface area contributed by atoms with Gasteiger partial charge in [-0.25, -0.2) is 4.98 Å². The number of hydrogen-bond acceptors (Lipinski definition) is 4. The van der Waals surface area contributed by atoms with Crippen LogP contribution >= 0.6 is 27.3 Å². The van der Waals surface area contributed by atoms with Crippen LogP contribution in [0.15, 0.2) is 34.1 Å². The monoisotopic (exact) mass is 366 g/mol. The molecule has 1 aliphatic rings. The molecule has 0 saturated carbocycles. The molecule has 2 heterocycles. The van der Waals surface area contributed by atoms with Crippen molar-refractivity contribution < 1.29 is 4.74 Å². The zero-order valence-corrected chi connectivity index (χ0v) is 14.7. The zero-order valence-electron chi connectivity index (χ0n) is 12.3. The van der Waals surface area contributed by atoms with Gasteiger partial charge in [-0.05, 0) is 19.9 Å². The van der Waals surface area contributed by atoms with E-state index in [0.717, 1.165) is 40.4 Å². The lowest BCUT2D eigenvalue weighted by molar-refractivity contribution is -0.0402. The summed E-state index contributed by atoms with van der Waals surface area (Å²) in [4.78, 5) is 7.25. The highest BCUT2D eigenvalue weighted by molar-refractivity contribution is 9.10. The fourth-order valence-corrected chi connectivity index (χ4v) is 3.86. The Morgan fingerprint density at radius 3 is 2.95 bits per heavy atom. The molecule has 1 unspecified atom stereocenters. The summed E-state index contributed by atoms with van der Waals surface area (Å²) in [6, 6.07) is 8.75. The van der Waals surface area contributed by atoms with Gasteiger partial charge in [-0.2, -0.15) is 0 Å². The third-order valence-electron chi connectivity index (χ3n) is 3.78. The summed E-state index contributed by atoms with van der Waals surface area (Å²) >= 11 is 5.28. The van der Waals surface area contributed by atoms with E-state index in [1.807, 2.05) is 18.2 Å². The number of thiazole rings is 1. The Kier molecular flexibility index (Phi) is 4.74. The van der Waals surface area contributed by atoms with Gasteiger partial charge in [0.15, 0.2) is 0 Å². The van der Waals surface area contributed by atoms with E-state index in [-0.39, 0.29) is 6.10 Å². The van der Waals surface area contributed by atoms with Crippen LogP contribution in [-0.2, 0) is 4.74 Å². The summed E-state index contributed by atoms with van der Waals surface area (Å²) in [5, 5.41) is 3.19. The van der Waals surface area contributed by atoms with Crippen molar-refractivity contribution in [2.24, 2.45) is 0 Å². The summed E-state index contributed by atoms with van der Waals surface area (Å²) in [7, 11) is 0. The molecule has 21 heavy (non-hydrogen) atoms. The summed E-state index contributed by atoms with van der Waals surface area (Å²) in [5.74, 6) is 0. The van der Waals surface area contributed by atoms with Crippen LogP contribution < -0.4 is 0 Å². The molecule has 3 nitrogen and oxygen atoms in total. The number of ether oxygens (including phenoxy) is 1. The first kappa shape index (κ1) is 15.2. The van der Waals surface area contributed by atoms with E-state index in [1.165, 1.54) is 0 Å². The van der Waals surface area contributed by atoms with E-state index >= 15 is 0 Å². The normalized spacial score (nSPS) is 20.1. The van der Waals surface area contributed by atoms with E-state index in [1.54, 1.807) is 11.3 Å². The molecule has 3 rings (SSSR count). The molecule has 1 aromatic carbocycles. The molecule has 0 N–H and O–H groups in total. The van der Waals surface area contributed by atoms with Gasteiger partial charge in [-0.15, -0.1) is 11.3 Å². The van der Waals surface area contributed by atoms with E-state index in [9.17, 15) is 0 Å². The van der Waals surface area contributed by atoms with Crippen LogP contribution in [0.1, 0.15) is 25.0 Å². The standard InChI is InChI=1S/C16H19BrN2OS/c1-11(2)19-7-8-20-15(9-19)16-18-14(10-21-16)12-5-3-4-6-13(12)17/h3-6,10-11,15H,7-9H2,1-2H3. The molecule has 1 atom stereocenters. The summed E-state index contributed by atoms with van der Waals surface area (Å²) < 4.78 is 7.00. The minimum atomic E-state index is 0.0994. The third-order valence-corrected chi connectivity index (χ3v) is 5.40. The molecular formula is C16H19BrN2OS. The SMILES string of the molecule is CC(C)N1CCOC(c2nc(-c3ccccc3Br)cs2)C1. The van der Waals surface area contributed by atoms with Crippen LogP contribution in [0.2, 0.25) is 0 Å². The number of morpholine rings is 1. The lowest BCUT2D eigenvalue weighted by Crippen LogP contribution is -2.42. The Balaban J connectivity index is 1.80. The molecule has 1 saturated heterocycles. The number of halogens is 1. The maximum absolute atomic E-state index is 5.92. The van der Waals surface area contributed by atoms with Crippen molar-refractivity contribution in [1.29, 1.82) is 0 Å². The summed E-state index contributed by atoms with van der Waals surface area (Å²) in [5.41, 5.74) is 2.16. The second-order valence-corrected chi connectivity index (χ2v) is 7.24. The first-order chi connectivity index (χ1) is 10.1. The fourth-order valence-electron chi connectivity index (χ4n) is 2.52. The first-order valence-electron chi connectivity index (χ1n) is 7.21. The van der Waals surface area contributed by atoms with Crippen molar-refractivity contribution in [3.8, 4) is 11.3 Å². The third kappa shape index (κ3) is 3.37. The Hall–Kier alpha value is -0.750. The van der Waals surface area contributed by atoms with Crippen LogP contribution in [0.5, 0.6) is 0 Å². The average Bonchev–Trinajstić information content (AvgIpc) is 2.97. The predicted octanol–water partition coefficient (Wildman–Crippen LogP) is 4.35. The van der Waals surface area contributed by atoms with E-state index in [2.05, 4.69) is 46.1 Å². The minimum Gasteiger partial charge on any atom is -0.368 e. The van der Waals surface area contributed by atoms with Gasteiger partial charge in [0.25, 0.3) is 0 Å². The Bertz CT molecular complexity index is 614. The van der Waals surface area contributed by atoms with Gasteiger partial charge < -0.3 is 4.74 Å². The molecule has 1 fully saturated rings. The van der Waals surface area contributed by atoms with Crippen molar-refractivity contribution in [2.45, 2.75) is 26.0 Å². The van der Waals surface area contributed by atoms with Gasteiger partial charge in [-0.1, -0.05) is 34.1 Å². The number of benzene rings is 1. The molecule has 0 bridgehead atoms. The molecule has 5 heteroatoms. The predicted molar refractivity (Wildman–Crippen MR) is 90.7 cm³/mol. The molecular weight excluding hydrogens is 348 g/mol. The maximum atomic E-state index is 5.92. The second kappa shape index (κ2) is 6.57. The van der Waals surface area contributed by atoms with E-state index in [0.29, 0.717) is 6.04 Å². The molecule has 2 aromatic rings. The Morgan fingerprint density at radius 2 is 2.19 bits per heavy atom. The molecule has 1 aliphatic heterocycles. The summed E-state index contributed by atoms with van der Waals surface area (Å²) in [6.07, 6.45) is 0.0994. The van der Waals surface area contributed by atoms with E-state index in [4.69, 9.17) is 9.72 Å². The van der Waals surface area contributed by atoms with Gasteiger partial charge in [0.1, 0.15) is 11.1 Å². The van der Waals surface area contributed by atoms with Crippen LogP contribution in [0.3, 0.4) is 0 Å². The maximum Gasteiger partial charge on any atom is 0.124 e. The van der Waals surface area contributed by atoms with Crippen LogP contribution in [0.4, 0.5) is 0 Å². The minimum absolute atomic E-state index is 0.0994.